The summed E-state index contributed by atoms with van der Waals surface area (Å²) < 4.78 is 32.5. The van der Waals surface area contributed by atoms with Crippen LogP contribution in [-0.2, 0) is 21.3 Å². The van der Waals surface area contributed by atoms with E-state index in [2.05, 4.69) is 21.9 Å². The highest BCUT2D eigenvalue weighted by Gasteiger charge is 2.50. The summed E-state index contributed by atoms with van der Waals surface area (Å²) in [6, 6.07) is 8.27. The second-order valence-corrected chi connectivity index (χ2v) is 13.5. The van der Waals surface area contributed by atoms with E-state index in [0.717, 1.165) is 44.6 Å². The van der Waals surface area contributed by atoms with E-state index in [4.69, 9.17) is 4.74 Å². The van der Waals surface area contributed by atoms with Crippen LogP contribution < -0.4 is 10.0 Å². The molecule has 1 aliphatic heterocycles. The van der Waals surface area contributed by atoms with Crippen molar-refractivity contribution in [3.05, 3.63) is 35.4 Å². The minimum Gasteiger partial charge on any atom is -0.381 e. The molecule has 0 aromatic heterocycles. The van der Waals surface area contributed by atoms with E-state index in [0.29, 0.717) is 29.4 Å². The summed E-state index contributed by atoms with van der Waals surface area (Å²) in [5.41, 5.74) is 1.52. The van der Waals surface area contributed by atoms with Gasteiger partial charge >= 0.3 is 0 Å². The number of amides is 1. The Morgan fingerprint density at radius 2 is 1.81 bits per heavy atom. The second-order valence-electron chi connectivity index (χ2n) is 11.4. The highest BCUT2D eigenvalue weighted by molar-refractivity contribution is 7.90. The number of ether oxygens (including phenoxy) is 1. The van der Waals surface area contributed by atoms with Crippen molar-refractivity contribution in [2.45, 2.75) is 88.6 Å². The fourth-order valence-electron chi connectivity index (χ4n) is 6.46. The summed E-state index contributed by atoms with van der Waals surface area (Å²) in [7, 11) is -3.20. The first kappa shape index (κ1) is 26.1. The molecule has 1 amide bonds. The van der Waals surface area contributed by atoms with Crippen molar-refractivity contribution in [2.24, 2.45) is 17.8 Å². The SMILES string of the molecule is CCOC[C@@H]1CCCN(C2C[C@@H]2C2CCCC[C@@H]2NC(=O)c2ccc(CNS(=O)(=O)C3CC3)cc2)C1. The van der Waals surface area contributed by atoms with Crippen LogP contribution in [0.1, 0.15) is 80.6 Å². The van der Waals surface area contributed by atoms with Crippen molar-refractivity contribution in [2.75, 3.05) is 26.3 Å². The van der Waals surface area contributed by atoms with Gasteiger partial charge in [-0.3, -0.25) is 9.69 Å². The molecule has 36 heavy (non-hydrogen) atoms. The Morgan fingerprint density at radius 3 is 2.56 bits per heavy atom. The second kappa shape index (κ2) is 11.5. The number of piperidine rings is 1. The molecular weight excluding hydrogens is 474 g/mol. The zero-order valence-electron chi connectivity index (χ0n) is 21.7. The highest BCUT2D eigenvalue weighted by atomic mass is 32.2. The molecule has 0 bridgehead atoms. The number of carbonyl (C=O) groups is 1. The summed E-state index contributed by atoms with van der Waals surface area (Å²) in [6.45, 7) is 6.40. The molecular formula is C28H43N3O4S. The van der Waals surface area contributed by atoms with Crippen LogP contribution in [0.3, 0.4) is 0 Å². The van der Waals surface area contributed by atoms with Gasteiger partial charge in [-0.15, -0.1) is 0 Å². The number of hydrogen-bond donors (Lipinski definition) is 2. The fourth-order valence-corrected chi connectivity index (χ4v) is 7.82. The Hall–Kier alpha value is -1.48. The smallest absolute Gasteiger partial charge is 0.251 e. The van der Waals surface area contributed by atoms with E-state index < -0.39 is 10.0 Å². The molecule has 1 saturated heterocycles. The molecule has 2 unspecified atom stereocenters. The molecule has 8 heteroatoms. The largest absolute Gasteiger partial charge is 0.381 e. The fraction of sp³-hybridized carbons (Fsp3) is 0.750. The molecule has 0 spiro atoms. The summed E-state index contributed by atoms with van der Waals surface area (Å²) in [4.78, 5) is 15.8. The Balaban J connectivity index is 1.13. The molecule has 5 atom stereocenters. The van der Waals surface area contributed by atoms with Gasteiger partial charge in [0.05, 0.1) is 11.9 Å². The van der Waals surface area contributed by atoms with Gasteiger partial charge in [0.1, 0.15) is 0 Å². The minimum atomic E-state index is -3.20. The molecule has 4 fully saturated rings. The normalized spacial score (nSPS) is 31.2. The van der Waals surface area contributed by atoms with Gasteiger partial charge in [0.25, 0.3) is 5.91 Å². The topological polar surface area (TPSA) is 87.7 Å². The zero-order valence-corrected chi connectivity index (χ0v) is 22.5. The molecule has 7 nitrogen and oxygen atoms in total. The Morgan fingerprint density at radius 1 is 1.03 bits per heavy atom. The summed E-state index contributed by atoms with van der Waals surface area (Å²) in [5.74, 6) is 1.91. The van der Waals surface area contributed by atoms with E-state index in [1.54, 1.807) is 0 Å². The van der Waals surface area contributed by atoms with Gasteiger partial charge in [-0.1, -0.05) is 25.0 Å². The van der Waals surface area contributed by atoms with Gasteiger partial charge in [0, 0.05) is 37.3 Å². The van der Waals surface area contributed by atoms with Gasteiger partial charge in [-0.05, 0) is 93.9 Å². The lowest BCUT2D eigenvalue weighted by molar-refractivity contribution is 0.0597. The third kappa shape index (κ3) is 6.50. The van der Waals surface area contributed by atoms with E-state index in [1.165, 1.54) is 45.1 Å². The quantitative estimate of drug-likeness (QED) is 0.467. The average molecular weight is 518 g/mol. The molecule has 2 N–H and O–H groups in total. The number of rotatable bonds is 11. The van der Waals surface area contributed by atoms with E-state index in [1.807, 2.05) is 24.3 Å². The number of sulfonamides is 1. The van der Waals surface area contributed by atoms with Gasteiger partial charge in [0.15, 0.2) is 0 Å². The summed E-state index contributed by atoms with van der Waals surface area (Å²) >= 11 is 0. The van der Waals surface area contributed by atoms with Gasteiger partial charge in [-0.25, -0.2) is 13.1 Å². The third-order valence-corrected chi connectivity index (χ3v) is 10.6. The molecule has 200 valence electrons. The standard InChI is InChI=1S/C28H43N3O4S/c1-2-35-19-21-6-5-15-31(18-21)27-16-25(27)24-7-3-4-8-26(24)30-28(32)22-11-9-20(10-12-22)17-29-36(33,34)23-13-14-23/h9-12,21,23-27,29H,2-8,13-19H2,1H3,(H,30,32)/t21-,24?,25-,26+,27?/m1/s1. The predicted octanol–water partition coefficient (Wildman–Crippen LogP) is 3.69. The average Bonchev–Trinajstić information content (AvgIpc) is 3.81. The lowest BCUT2D eigenvalue weighted by atomic mass is 9.80. The van der Waals surface area contributed by atoms with Crippen LogP contribution in [0.4, 0.5) is 0 Å². The molecule has 1 aromatic rings. The number of likely N-dealkylation sites (tertiary alicyclic amines) is 1. The Labute approximate surface area is 216 Å². The zero-order chi connectivity index (χ0) is 25.1. The van der Waals surface area contributed by atoms with Crippen molar-refractivity contribution in [1.82, 2.24) is 14.9 Å². The maximum absolute atomic E-state index is 13.1. The first-order valence-corrected chi connectivity index (χ1v) is 15.7. The van der Waals surface area contributed by atoms with Gasteiger partial charge in [0.2, 0.25) is 10.0 Å². The maximum Gasteiger partial charge on any atom is 0.251 e. The lowest BCUT2D eigenvalue weighted by Gasteiger charge is -2.36. The number of nitrogens with one attached hydrogen (secondary N) is 2. The first-order valence-electron chi connectivity index (χ1n) is 14.1. The van der Waals surface area contributed by atoms with Crippen molar-refractivity contribution in [3.8, 4) is 0 Å². The highest BCUT2D eigenvalue weighted by Crippen LogP contribution is 2.48. The molecule has 1 heterocycles. The van der Waals surface area contributed by atoms with Crippen LogP contribution in [0.25, 0.3) is 0 Å². The third-order valence-electron chi connectivity index (χ3n) is 8.72. The predicted molar refractivity (Wildman–Crippen MR) is 141 cm³/mol. The lowest BCUT2D eigenvalue weighted by Crippen LogP contribution is -2.45. The van der Waals surface area contributed by atoms with Crippen molar-refractivity contribution in [1.29, 1.82) is 0 Å². The maximum atomic E-state index is 13.1. The first-order chi connectivity index (χ1) is 17.4. The molecule has 4 aliphatic rings. The minimum absolute atomic E-state index is 0.0102. The number of nitrogens with zero attached hydrogens (tertiary/aromatic N) is 1. The Bertz CT molecular complexity index is 995. The molecule has 5 rings (SSSR count). The summed E-state index contributed by atoms with van der Waals surface area (Å²) in [6.07, 6.45) is 10.0. The van der Waals surface area contributed by atoms with Crippen molar-refractivity contribution >= 4 is 15.9 Å². The van der Waals surface area contributed by atoms with E-state index >= 15 is 0 Å². The van der Waals surface area contributed by atoms with E-state index in [-0.39, 0.29) is 23.7 Å². The molecule has 1 aromatic carbocycles. The Kier molecular flexibility index (Phi) is 8.35. The van der Waals surface area contributed by atoms with E-state index in [9.17, 15) is 13.2 Å². The van der Waals surface area contributed by atoms with Crippen molar-refractivity contribution < 1.29 is 17.9 Å². The van der Waals surface area contributed by atoms with Gasteiger partial charge < -0.3 is 10.1 Å². The van der Waals surface area contributed by atoms with Crippen molar-refractivity contribution in [3.63, 3.8) is 0 Å². The van der Waals surface area contributed by atoms with Crippen LogP contribution in [0.15, 0.2) is 24.3 Å². The monoisotopic (exact) mass is 517 g/mol. The molecule has 3 saturated carbocycles. The number of carbonyl (C=O) groups excluding carboxylic acids is 1. The molecule has 3 aliphatic carbocycles. The van der Waals surface area contributed by atoms with Crippen LogP contribution in [0.5, 0.6) is 0 Å². The molecule has 0 radical (unpaired) electrons. The van der Waals surface area contributed by atoms with Crippen LogP contribution in [0.2, 0.25) is 0 Å². The van der Waals surface area contributed by atoms with Crippen LogP contribution >= 0.6 is 0 Å². The summed E-state index contributed by atoms with van der Waals surface area (Å²) in [5, 5.41) is 3.16. The number of benzene rings is 1. The van der Waals surface area contributed by atoms with Gasteiger partial charge in [-0.2, -0.15) is 0 Å². The van der Waals surface area contributed by atoms with Crippen LogP contribution in [0, 0.1) is 17.8 Å². The number of hydrogen-bond acceptors (Lipinski definition) is 5. The van der Waals surface area contributed by atoms with Crippen LogP contribution in [-0.4, -0.2) is 62.9 Å².